The second-order valence-electron chi connectivity index (χ2n) is 8.65. The Balaban J connectivity index is 1.53. The summed E-state index contributed by atoms with van der Waals surface area (Å²) in [6.07, 6.45) is 3.70. The maximum absolute atomic E-state index is 13.4. The van der Waals surface area contributed by atoms with E-state index < -0.39 is 0 Å². The van der Waals surface area contributed by atoms with Crippen molar-refractivity contribution in [3.8, 4) is 11.1 Å². The van der Waals surface area contributed by atoms with Gasteiger partial charge in [-0.1, -0.05) is 12.1 Å². The van der Waals surface area contributed by atoms with Crippen molar-refractivity contribution >= 4 is 17.8 Å². The van der Waals surface area contributed by atoms with E-state index >= 15 is 0 Å². The van der Waals surface area contributed by atoms with Gasteiger partial charge in [-0.3, -0.25) is 9.59 Å². The van der Waals surface area contributed by atoms with E-state index in [0.29, 0.717) is 32.0 Å². The molecule has 0 saturated carbocycles. The molecule has 1 atom stereocenters. The lowest BCUT2D eigenvalue weighted by atomic mass is 9.88. The highest BCUT2D eigenvalue weighted by Crippen LogP contribution is 2.35. The number of nitrogens with zero attached hydrogens (tertiary/aromatic N) is 5. The van der Waals surface area contributed by atoms with Crippen LogP contribution >= 0.6 is 0 Å². The number of halogens is 1. The predicted molar refractivity (Wildman–Crippen MR) is 116 cm³/mol. The molecule has 2 amide bonds. The number of anilines is 1. The number of benzene rings is 1. The summed E-state index contributed by atoms with van der Waals surface area (Å²) in [6.45, 7) is 1.79. The number of hydrogen-bond acceptors (Lipinski definition) is 5. The van der Waals surface area contributed by atoms with E-state index in [0.717, 1.165) is 29.7 Å². The molecule has 164 valence electrons. The van der Waals surface area contributed by atoms with Gasteiger partial charge in [0.2, 0.25) is 17.8 Å². The fourth-order valence-corrected chi connectivity index (χ4v) is 4.42. The number of carbonyl (C=O) groups excluding carboxylic acids is 2. The lowest BCUT2D eigenvalue weighted by molar-refractivity contribution is -0.136. The number of rotatable bonds is 4. The van der Waals surface area contributed by atoms with Crippen molar-refractivity contribution in [2.24, 2.45) is 5.92 Å². The van der Waals surface area contributed by atoms with Crippen LogP contribution in [-0.4, -0.2) is 72.4 Å². The molecule has 0 radical (unpaired) electrons. The minimum atomic E-state index is -0.279. The van der Waals surface area contributed by atoms with Crippen LogP contribution in [-0.2, 0) is 9.59 Å². The highest BCUT2D eigenvalue weighted by Gasteiger charge is 2.36. The fraction of sp³-hybridized carbons (Fsp3) is 0.478. The third kappa shape index (κ3) is 4.38. The Hall–Kier alpha value is -3.03. The first-order chi connectivity index (χ1) is 14.8. The molecule has 2 aliphatic rings. The first-order valence-electron chi connectivity index (χ1n) is 10.7. The summed E-state index contributed by atoms with van der Waals surface area (Å²) in [6, 6.07) is 6.39. The molecule has 2 aromatic rings. The smallest absolute Gasteiger partial charge is 0.227 e. The Bertz CT molecular complexity index is 970. The molecule has 0 N–H and O–H groups in total. The van der Waals surface area contributed by atoms with Crippen molar-refractivity contribution in [3.63, 3.8) is 0 Å². The summed E-state index contributed by atoms with van der Waals surface area (Å²) in [5.74, 6) is 0.411. The van der Waals surface area contributed by atoms with Crippen LogP contribution in [0, 0.1) is 11.7 Å². The van der Waals surface area contributed by atoms with Gasteiger partial charge in [-0.2, -0.15) is 0 Å². The number of piperidine rings is 1. The first-order valence-corrected chi connectivity index (χ1v) is 10.7. The zero-order valence-electron chi connectivity index (χ0n) is 18.2. The second kappa shape index (κ2) is 8.61. The van der Waals surface area contributed by atoms with Gasteiger partial charge in [0, 0.05) is 64.9 Å². The van der Waals surface area contributed by atoms with Gasteiger partial charge in [-0.05, 0) is 30.5 Å². The van der Waals surface area contributed by atoms with Crippen LogP contribution in [0.1, 0.15) is 30.9 Å². The molecular formula is C23H28FN5O2. The number of likely N-dealkylation sites (tertiary alicyclic amines) is 2. The molecule has 3 heterocycles. The van der Waals surface area contributed by atoms with Crippen molar-refractivity contribution in [2.75, 3.05) is 45.7 Å². The lowest BCUT2D eigenvalue weighted by Crippen LogP contribution is -2.42. The van der Waals surface area contributed by atoms with E-state index in [9.17, 15) is 14.0 Å². The number of aromatic nitrogens is 2. The third-order valence-corrected chi connectivity index (χ3v) is 6.24. The SMILES string of the molecule is CN1CC(C(=O)N2CCC(c3nc(N(C)C)ncc3-c3ccc(F)cc3)CC2)CC1=O. The van der Waals surface area contributed by atoms with Gasteiger partial charge >= 0.3 is 0 Å². The van der Waals surface area contributed by atoms with Crippen LogP contribution in [0.2, 0.25) is 0 Å². The highest BCUT2D eigenvalue weighted by atomic mass is 19.1. The van der Waals surface area contributed by atoms with E-state index in [1.165, 1.54) is 12.1 Å². The van der Waals surface area contributed by atoms with Crippen molar-refractivity contribution in [1.29, 1.82) is 0 Å². The first kappa shape index (κ1) is 21.2. The molecule has 2 fully saturated rings. The molecule has 1 unspecified atom stereocenters. The van der Waals surface area contributed by atoms with Crippen molar-refractivity contribution in [1.82, 2.24) is 19.8 Å². The topological polar surface area (TPSA) is 69.6 Å². The maximum atomic E-state index is 13.4. The standard InChI is InChI=1S/C23H28FN5O2/c1-27(2)23-25-13-19(15-4-6-18(24)7-5-15)21(26-23)16-8-10-29(11-9-16)22(31)17-12-20(30)28(3)14-17/h4-7,13,16-17H,8-12,14H2,1-3H3. The number of carbonyl (C=O) groups is 2. The average Bonchev–Trinajstić information content (AvgIpc) is 3.12. The lowest BCUT2D eigenvalue weighted by Gasteiger charge is -2.34. The van der Waals surface area contributed by atoms with Crippen molar-refractivity contribution in [2.45, 2.75) is 25.2 Å². The van der Waals surface area contributed by atoms with Gasteiger partial charge in [0.05, 0.1) is 11.6 Å². The molecule has 4 rings (SSSR count). The van der Waals surface area contributed by atoms with E-state index in [2.05, 4.69) is 4.98 Å². The summed E-state index contributed by atoms with van der Waals surface area (Å²) in [5, 5.41) is 0. The summed E-state index contributed by atoms with van der Waals surface area (Å²) in [7, 11) is 5.55. The van der Waals surface area contributed by atoms with Crippen LogP contribution in [0.4, 0.5) is 10.3 Å². The summed E-state index contributed by atoms with van der Waals surface area (Å²) in [4.78, 5) is 39.4. The quantitative estimate of drug-likeness (QED) is 0.753. The molecule has 2 aliphatic heterocycles. The van der Waals surface area contributed by atoms with Gasteiger partial charge < -0.3 is 14.7 Å². The fourth-order valence-electron chi connectivity index (χ4n) is 4.42. The molecule has 7 nitrogen and oxygen atoms in total. The Labute approximate surface area is 181 Å². The average molecular weight is 426 g/mol. The molecule has 0 bridgehead atoms. The van der Waals surface area contributed by atoms with E-state index in [4.69, 9.17) is 4.98 Å². The Morgan fingerprint density at radius 1 is 1.16 bits per heavy atom. The zero-order valence-corrected chi connectivity index (χ0v) is 18.2. The molecule has 31 heavy (non-hydrogen) atoms. The third-order valence-electron chi connectivity index (χ3n) is 6.24. The molecular weight excluding hydrogens is 397 g/mol. The van der Waals surface area contributed by atoms with Crippen LogP contribution < -0.4 is 4.90 Å². The maximum Gasteiger partial charge on any atom is 0.227 e. The monoisotopic (exact) mass is 425 g/mol. The highest BCUT2D eigenvalue weighted by molar-refractivity contribution is 5.89. The Kier molecular flexibility index (Phi) is 5.89. The van der Waals surface area contributed by atoms with Crippen LogP contribution in [0.15, 0.2) is 30.5 Å². The molecule has 1 aromatic heterocycles. The number of hydrogen-bond donors (Lipinski definition) is 0. The summed E-state index contributed by atoms with van der Waals surface area (Å²) >= 11 is 0. The van der Waals surface area contributed by atoms with Gasteiger partial charge in [-0.15, -0.1) is 0 Å². The van der Waals surface area contributed by atoms with Crippen LogP contribution in [0.25, 0.3) is 11.1 Å². The minimum Gasteiger partial charge on any atom is -0.347 e. The minimum absolute atomic E-state index is 0.0365. The Morgan fingerprint density at radius 2 is 1.84 bits per heavy atom. The Morgan fingerprint density at radius 3 is 2.42 bits per heavy atom. The van der Waals surface area contributed by atoms with Gasteiger partial charge in [0.25, 0.3) is 0 Å². The molecule has 1 aromatic carbocycles. The van der Waals surface area contributed by atoms with Gasteiger partial charge in [-0.25, -0.2) is 14.4 Å². The predicted octanol–water partition coefficient (Wildman–Crippen LogP) is 2.53. The van der Waals surface area contributed by atoms with Gasteiger partial charge in [0.15, 0.2) is 0 Å². The van der Waals surface area contributed by atoms with Crippen molar-refractivity contribution < 1.29 is 14.0 Å². The largest absolute Gasteiger partial charge is 0.347 e. The number of amides is 2. The molecule has 2 saturated heterocycles. The van der Waals surface area contributed by atoms with E-state index in [1.54, 1.807) is 24.1 Å². The molecule has 0 spiro atoms. The van der Waals surface area contributed by atoms with Gasteiger partial charge in [0.1, 0.15) is 5.82 Å². The summed E-state index contributed by atoms with van der Waals surface area (Å²) < 4.78 is 13.4. The van der Waals surface area contributed by atoms with Crippen LogP contribution in [0.5, 0.6) is 0 Å². The summed E-state index contributed by atoms with van der Waals surface area (Å²) in [5.41, 5.74) is 2.72. The van der Waals surface area contributed by atoms with E-state index in [-0.39, 0.29) is 29.5 Å². The van der Waals surface area contributed by atoms with Crippen LogP contribution in [0.3, 0.4) is 0 Å². The molecule has 0 aliphatic carbocycles. The second-order valence-corrected chi connectivity index (χ2v) is 8.65. The zero-order chi connectivity index (χ0) is 22.1. The molecule has 8 heteroatoms. The van der Waals surface area contributed by atoms with Crippen molar-refractivity contribution in [3.05, 3.63) is 42.0 Å². The van der Waals surface area contributed by atoms with E-state index in [1.807, 2.05) is 30.1 Å². The normalized spacial score (nSPS) is 19.7.